The summed E-state index contributed by atoms with van der Waals surface area (Å²) in [6.07, 6.45) is 4.75. The van der Waals surface area contributed by atoms with E-state index in [1.165, 1.54) is 36.1 Å². The molecule has 0 fully saturated rings. The topological polar surface area (TPSA) is 87.9 Å². The number of amides is 1. The lowest BCUT2D eigenvalue weighted by atomic mass is 9.89. The minimum absolute atomic E-state index is 0.0876. The van der Waals surface area contributed by atoms with E-state index in [1.807, 2.05) is 13.0 Å². The average Bonchev–Trinajstić information content (AvgIpc) is 2.66. The highest BCUT2D eigenvalue weighted by Gasteiger charge is 2.14. The number of aryl methyl sites for hydroxylation is 2. The average molecular weight is 336 g/mol. The first-order valence-electron chi connectivity index (χ1n) is 8.43. The van der Waals surface area contributed by atoms with Gasteiger partial charge in [-0.15, -0.1) is 10.2 Å². The van der Waals surface area contributed by atoms with E-state index in [-0.39, 0.29) is 30.1 Å². The molecule has 0 saturated heterocycles. The van der Waals surface area contributed by atoms with Gasteiger partial charge in [0, 0.05) is 6.07 Å². The Kier molecular flexibility index (Phi) is 5.24. The van der Waals surface area contributed by atoms with Crippen molar-refractivity contribution in [3.63, 3.8) is 0 Å². The van der Waals surface area contributed by atoms with Crippen LogP contribution in [0.1, 0.15) is 48.2 Å². The van der Waals surface area contributed by atoms with Crippen LogP contribution in [-0.2, 0) is 17.6 Å². The number of hydrogen-bond acceptors (Lipinski definition) is 5. The van der Waals surface area contributed by atoms with Crippen molar-refractivity contribution in [2.75, 3.05) is 6.61 Å². The monoisotopic (exact) mass is 336 g/mol. The standard InChI is InChI=1S/C19H20N4O2/c1-13(15-7-6-14-4-2-3-5-16(14)10-15)21-18(24)12-25-19-9-8-17(11-20)22-23-19/h6-10,13H,2-5,12H2,1H3,(H,21,24). The summed E-state index contributed by atoms with van der Waals surface area (Å²) < 4.78 is 5.30. The van der Waals surface area contributed by atoms with Gasteiger partial charge in [-0.05, 0) is 55.4 Å². The van der Waals surface area contributed by atoms with Gasteiger partial charge in [0.1, 0.15) is 6.07 Å². The molecule has 1 aliphatic rings. The van der Waals surface area contributed by atoms with Gasteiger partial charge < -0.3 is 10.1 Å². The maximum absolute atomic E-state index is 12.1. The number of carbonyl (C=O) groups is 1. The Balaban J connectivity index is 1.54. The van der Waals surface area contributed by atoms with Crippen LogP contribution < -0.4 is 10.1 Å². The number of carbonyl (C=O) groups excluding carboxylic acids is 1. The van der Waals surface area contributed by atoms with E-state index in [0.717, 1.165) is 18.4 Å². The molecule has 3 rings (SSSR count). The van der Waals surface area contributed by atoms with E-state index in [1.54, 1.807) is 0 Å². The summed E-state index contributed by atoms with van der Waals surface area (Å²) >= 11 is 0. The van der Waals surface area contributed by atoms with Crippen molar-refractivity contribution < 1.29 is 9.53 Å². The minimum Gasteiger partial charge on any atom is -0.466 e. The predicted molar refractivity (Wildman–Crippen MR) is 91.9 cm³/mol. The van der Waals surface area contributed by atoms with Gasteiger partial charge in [-0.2, -0.15) is 5.26 Å². The van der Waals surface area contributed by atoms with Crippen LogP contribution in [0.5, 0.6) is 5.88 Å². The van der Waals surface area contributed by atoms with Crippen LogP contribution >= 0.6 is 0 Å². The van der Waals surface area contributed by atoms with Crippen molar-refractivity contribution in [3.8, 4) is 11.9 Å². The third-order valence-electron chi connectivity index (χ3n) is 4.36. The molecule has 1 unspecified atom stereocenters. The lowest BCUT2D eigenvalue weighted by Crippen LogP contribution is -2.31. The number of nitrogens with one attached hydrogen (secondary N) is 1. The van der Waals surface area contributed by atoms with Crippen LogP contribution in [0.2, 0.25) is 0 Å². The number of fused-ring (bicyclic) bond motifs is 1. The van der Waals surface area contributed by atoms with Crippen molar-refractivity contribution in [1.82, 2.24) is 15.5 Å². The minimum atomic E-state index is -0.226. The first kappa shape index (κ1) is 16.9. The molecule has 1 atom stereocenters. The van der Waals surface area contributed by atoms with Gasteiger partial charge in [0.25, 0.3) is 5.91 Å². The SMILES string of the molecule is CC(NC(=O)COc1ccc(C#N)nn1)c1ccc2c(c1)CCCC2. The lowest BCUT2D eigenvalue weighted by molar-refractivity contribution is -0.123. The molecule has 0 aliphatic heterocycles. The first-order valence-corrected chi connectivity index (χ1v) is 8.43. The van der Waals surface area contributed by atoms with Crippen LogP contribution in [0.3, 0.4) is 0 Å². The normalized spacial score (nSPS) is 14.1. The molecule has 0 radical (unpaired) electrons. The van der Waals surface area contributed by atoms with E-state index < -0.39 is 0 Å². The Labute approximate surface area is 146 Å². The fourth-order valence-electron chi connectivity index (χ4n) is 2.99. The number of nitrogens with zero attached hydrogens (tertiary/aromatic N) is 3. The van der Waals surface area contributed by atoms with Crippen molar-refractivity contribution in [2.24, 2.45) is 0 Å². The predicted octanol–water partition coefficient (Wildman–Crippen LogP) is 2.48. The second kappa shape index (κ2) is 7.75. The van der Waals surface area contributed by atoms with E-state index in [2.05, 4.69) is 33.7 Å². The molecule has 1 heterocycles. The van der Waals surface area contributed by atoms with Crippen LogP contribution in [-0.4, -0.2) is 22.7 Å². The molecular formula is C19H20N4O2. The molecule has 1 aromatic carbocycles. The second-order valence-corrected chi connectivity index (χ2v) is 6.18. The molecule has 25 heavy (non-hydrogen) atoms. The molecular weight excluding hydrogens is 316 g/mol. The highest BCUT2D eigenvalue weighted by molar-refractivity contribution is 5.78. The molecule has 0 spiro atoms. The molecule has 2 aromatic rings. The molecule has 6 heteroatoms. The molecule has 0 bridgehead atoms. The Morgan fingerprint density at radius 3 is 2.76 bits per heavy atom. The molecule has 1 amide bonds. The molecule has 1 aromatic heterocycles. The molecule has 0 saturated carbocycles. The second-order valence-electron chi connectivity index (χ2n) is 6.18. The lowest BCUT2D eigenvalue weighted by Gasteiger charge is -2.20. The van der Waals surface area contributed by atoms with E-state index in [0.29, 0.717) is 0 Å². The third-order valence-corrected chi connectivity index (χ3v) is 4.36. The summed E-state index contributed by atoms with van der Waals surface area (Å²) in [4.78, 5) is 12.1. The van der Waals surface area contributed by atoms with Crippen molar-refractivity contribution in [3.05, 3.63) is 52.7 Å². The zero-order chi connectivity index (χ0) is 17.6. The zero-order valence-corrected chi connectivity index (χ0v) is 14.2. The quantitative estimate of drug-likeness (QED) is 0.906. The molecule has 1 N–H and O–H groups in total. The third kappa shape index (κ3) is 4.32. The van der Waals surface area contributed by atoms with Crippen molar-refractivity contribution in [2.45, 2.75) is 38.6 Å². The summed E-state index contributed by atoms with van der Waals surface area (Å²) in [7, 11) is 0. The summed E-state index contributed by atoms with van der Waals surface area (Å²) in [5.41, 5.74) is 4.13. The van der Waals surface area contributed by atoms with E-state index in [9.17, 15) is 4.79 Å². The largest absolute Gasteiger partial charge is 0.466 e. The van der Waals surface area contributed by atoms with E-state index in [4.69, 9.17) is 10.00 Å². The van der Waals surface area contributed by atoms with Crippen LogP contribution in [0.4, 0.5) is 0 Å². The number of benzene rings is 1. The Hall–Kier alpha value is -2.94. The van der Waals surface area contributed by atoms with E-state index >= 15 is 0 Å². The zero-order valence-electron chi connectivity index (χ0n) is 14.2. The summed E-state index contributed by atoms with van der Waals surface area (Å²) in [6.45, 7) is 1.82. The van der Waals surface area contributed by atoms with Gasteiger partial charge in [0.15, 0.2) is 12.3 Å². The van der Waals surface area contributed by atoms with Crippen LogP contribution in [0, 0.1) is 11.3 Å². The Bertz CT molecular complexity index is 796. The van der Waals surface area contributed by atoms with Gasteiger partial charge in [-0.3, -0.25) is 4.79 Å². The summed E-state index contributed by atoms with van der Waals surface area (Å²) in [6, 6.07) is 11.3. The van der Waals surface area contributed by atoms with Gasteiger partial charge in [-0.1, -0.05) is 18.2 Å². The highest BCUT2D eigenvalue weighted by Crippen LogP contribution is 2.24. The van der Waals surface area contributed by atoms with Crippen LogP contribution in [0.25, 0.3) is 0 Å². The smallest absolute Gasteiger partial charge is 0.258 e. The Morgan fingerprint density at radius 1 is 1.24 bits per heavy atom. The molecule has 1 aliphatic carbocycles. The highest BCUT2D eigenvalue weighted by atomic mass is 16.5. The number of nitriles is 1. The fraction of sp³-hybridized carbons (Fsp3) is 0.368. The van der Waals surface area contributed by atoms with Gasteiger partial charge in [-0.25, -0.2) is 0 Å². The maximum Gasteiger partial charge on any atom is 0.258 e. The molecule has 6 nitrogen and oxygen atoms in total. The van der Waals surface area contributed by atoms with Gasteiger partial charge in [0.05, 0.1) is 6.04 Å². The molecule has 128 valence electrons. The maximum atomic E-state index is 12.1. The van der Waals surface area contributed by atoms with Crippen molar-refractivity contribution >= 4 is 5.91 Å². The summed E-state index contributed by atoms with van der Waals surface area (Å²) in [5, 5.41) is 19.0. The number of ether oxygens (including phenoxy) is 1. The number of rotatable bonds is 5. The number of hydrogen-bond donors (Lipinski definition) is 1. The number of aromatic nitrogens is 2. The summed E-state index contributed by atoms with van der Waals surface area (Å²) in [5.74, 6) is -0.00744. The van der Waals surface area contributed by atoms with Crippen molar-refractivity contribution in [1.29, 1.82) is 5.26 Å². The fourth-order valence-corrected chi connectivity index (χ4v) is 2.99. The van der Waals surface area contributed by atoms with Gasteiger partial charge in [0.2, 0.25) is 5.88 Å². The first-order chi connectivity index (χ1) is 12.2. The van der Waals surface area contributed by atoms with Crippen LogP contribution in [0.15, 0.2) is 30.3 Å². The Morgan fingerprint density at radius 2 is 2.04 bits per heavy atom. The van der Waals surface area contributed by atoms with Gasteiger partial charge >= 0.3 is 0 Å².